The van der Waals surface area contributed by atoms with Crippen molar-refractivity contribution in [1.82, 2.24) is 19.4 Å². The van der Waals surface area contributed by atoms with Gasteiger partial charge in [0.2, 0.25) is 17.7 Å². The van der Waals surface area contributed by atoms with Gasteiger partial charge < -0.3 is 9.47 Å². The van der Waals surface area contributed by atoms with E-state index in [2.05, 4.69) is 9.55 Å². The van der Waals surface area contributed by atoms with Crippen LogP contribution in [0.3, 0.4) is 0 Å². The Labute approximate surface area is 132 Å². The van der Waals surface area contributed by atoms with Gasteiger partial charge in [-0.15, -0.1) is 0 Å². The minimum Gasteiger partial charge on any atom is -0.337 e. The molecule has 2 aromatic rings. The fraction of sp³-hybridized carbons (Fsp3) is 0.375. The fourth-order valence-electron chi connectivity index (χ4n) is 3.14. The number of imidazole rings is 1. The summed E-state index contributed by atoms with van der Waals surface area (Å²) in [5.41, 5.74) is 1.99. The molecule has 0 atom stereocenters. The van der Waals surface area contributed by atoms with Crippen molar-refractivity contribution in [2.45, 2.75) is 18.9 Å². The van der Waals surface area contributed by atoms with Crippen molar-refractivity contribution in [3.05, 3.63) is 30.6 Å². The van der Waals surface area contributed by atoms with Crippen LogP contribution in [0.4, 0.5) is 0 Å². The number of amides is 3. The molecule has 2 aliphatic heterocycles. The molecule has 1 aromatic carbocycles. The first-order valence-electron chi connectivity index (χ1n) is 7.66. The molecule has 2 saturated heterocycles. The van der Waals surface area contributed by atoms with Gasteiger partial charge in [0.15, 0.2) is 0 Å². The third kappa shape index (κ3) is 2.28. The predicted octanol–water partition coefficient (Wildman–Crippen LogP) is 0.569. The van der Waals surface area contributed by atoms with Crippen molar-refractivity contribution in [3.63, 3.8) is 0 Å². The van der Waals surface area contributed by atoms with E-state index in [1.165, 1.54) is 0 Å². The molecule has 0 saturated carbocycles. The standard InChI is InChI=1S/C16H16N4O3/c21-14-5-6-15(22)19(14)9-16(23)18-7-11(8-18)20-10-17-12-3-1-2-4-13(12)20/h1-4,10-11H,5-9H2. The molecule has 0 aliphatic carbocycles. The van der Waals surface area contributed by atoms with Gasteiger partial charge in [-0.05, 0) is 12.1 Å². The van der Waals surface area contributed by atoms with Crippen LogP contribution in [0.1, 0.15) is 18.9 Å². The second kappa shape index (κ2) is 5.19. The first-order valence-corrected chi connectivity index (χ1v) is 7.66. The molecule has 23 heavy (non-hydrogen) atoms. The summed E-state index contributed by atoms with van der Waals surface area (Å²) in [5.74, 6) is -0.670. The first-order chi connectivity index (χ1) is 11.1. The van der Waals surface area contributed by atoms with Gasteiger partial charge >= 0.3 is 0 Å². The summed E-state index contributed by atoms with van der Waals surface area (Å²) in [5, 5.41) is 0. The van der Waals surface area contributed by atoms with Crippen LogP contribution in [-0.4, -0.2) is 56.7 Å². The van der Waals surface area contributed by atoms with Gasteiger partial charge in [-0.2, -0.15) is 0 Å². The second-order valence-corrected chi connectivity index (χ2v) is 5.97. The Hall–Kier alpha value is -2.70. The molecule has 7 nitrogen and oxygen atoms in total. The molecule has 3 heterocycles. The molecule has 4 rings (SSSR count). The highest BCUT2D eigenvalue weighted by Gasteiger charge is 2.36. The number of benzene rings is 1. The zero-order valence-corrected chi connectivity index (χ0v) is 12.5. The number of nitrogens with zero attached hydrogens (tertiary/aromatic N) is 4. The summed E-state index contributed by atoms with van der Waals surface area (Å²) in [4.78, 5) is 42.5. The number of fused-ring (bicyclic) bond motifs is 1. The van der Waals surface area contributed by atoms with Crippen LogP contribution >= 0.6 is 0 Å². The summed E-state index contributed by atoms with van der Waals surface area (Å²) in [6.45, 7) is 1.03. The molecule has 7 heteroatoms. The largest absolute Gasteiger partial charge is 0.337 e. The van der Waals surface area contributed by atoms with Gasteiger partial charge in [0.05, 0.1) is 23.4 Å². The maximum atomic E-state index is 12.2. The van der Waals surface area contributed by atoms with Gasteiger partial charge in [-0.25, -0.2) is 4.98 Å². The monoisotopic (exact) mass is 312 g/mol. The van der Waals surface area contributed by atoms with Crippen LogP contribution in [0.5, 0.6) is 0 Å². The van der Waals surface area contributed by atoms with Crippen LogP contribution < -0.4 is 0 Å². The van der Waals surface area contributed by atoms with Crippen molar-refractivity contribution >= 4 is 28.8 Å². The van der Waals surface area contributed by atoms with Crippen molar-refractivity contribution in [2.24, 2.45) is 0 Å². The molecule has 0 spiro atoms. The van der Waals surface area contributed by atoms with E-state index >= 15 is 0 Å². The summed E-state index contributed by atoms with van der Waals surface area (Å²) in [6.07, 6.45) is 2.23. The van der Waals surface area contributed by atoms with E-state index in [9.17, 15) is 14.4 Å². The normalized spacial score (nSPS) is 18.8. The van der Waals surface area contributed by atoms with Gasteiger partial charge in [0.25, 0.3) is 0 Å². The molecule has 1 aromatic heterocycles. The van der Waals surface area contributed by atoms with Gasteiger partial charge in [-0.3, -0.25) is 19.3 Å². The molecule has 0 radical (unpaired) electrons. The number of carbonyl (C=O) groups excluding carboxylic acids is 3. The smallest absolute Gasteiger partial charge is 0.242 e. The lowest BCUT2D eigenvalue weighted by Gasteiger charge is -2.40. The van der Waals surface area contributed by atoms with Gasteiger partial charge in [0.1, 0.15) is 6.54 Å². The van der Waals surface area contributed by atoms with E-state index in [1.54, 1.807) is 11.2 Å². The molecule has 0 N–H and O–H groups in total. The van der Waals surface area contributed by atoms with E-state index in [-0.39, 0.29) is 43.1 Å². The topological polar surface area (TPSA) is 75.5 Å². The van der Waals surface area contributed by atoms with Crippen molar-refractivity contribution in [1.29, 1.82) is 0 Å². The summed E-state index contributed by atoms with van der Waals surface area (Å²) >= 11 is 0. The Morgan fingerprint density at radius 2 is 1.83 bits per heavy atom. The van der Waals surface area contributed by atoms with Gasteiger partial charge in [-0.1, -0.05) is 12.1 Å². The molecular formula is C16H16N4O3. The highest BCUT2D eigenvalue weighted by atomic mass is 16.2. The maximum Gasteiger partial charge on any atom is 0.242 e. The predicted molar refractivity (Wildman–Crippen MR) is 81.3 cm³/mol. The molecular weight excluding hydrogens is 296 g/mol. The van der Waals surface area contributed by atoms with Crippen LogP contribution in [0.15, 0.2) is 30.6 Å². The molecule has 3 amide bonds. The SMILES string of the molecule is O=C(CN1C(=O)CCC1=O)N1CC(n2cnc3ccccc32)C1. The third-order valence-electron chi connectivity index (χ3n) is 4.54. The Morgan fingerprint density at radius 1 is 1.13 bits per heavy atom. The lowest BCUT2D eigenvalue weighted by Crippen LogP contribution is -2.53. The zero-order chi connectivity index (χ0) is 16.0. The van der Waals surface area contributed by atoms with Crippen molar-refractivity contribution in [3.8, 4) is 0 Å². The molecule has 2 aliphatic rings. The Morgan fingerprint density at radius 3 is 2.57 bits per heavy atom. The minimum absolute atomic E-state index is 0.130. The van der Waals surface area contributed by atoms with Crippen LogP contribution in [0.25, 0.3) is 11.0 Å². The lowest BCUT2D eigenvalue weighted by molar-refractivity contribution is -0.148. The fourth-order valence-corrected chi connectivity index (χ4v) is 3.14. The maximum absolute atomic E-state index is 12.2. The average molecular weight is 312 g/mol. The van der Waals surface area contributed by atoms with Gasteiger partial charge in [0, 0.05) is 25.9 Å². The molecule has 118 valence electrons. The van der Waals surface area contributed by atoms with Crippen molar-refractivity contribution < 1.29 is 14.4 Å². The highest BCUT2D eigenvalue weighted by Crippen LogP contribution is 2.26. The number of rotatable bonds is 3. The summed E-state index contributed by atoms with van der Waals surface area (Å²) < 4.78 is 2.07. The number of imide groups is 1. The van der Waals surface area contributed by atoms with Crippen molar-refractivity contribution in [2.75, 3.05) is 19.6 Å². The number of carbonyl (C=O) groups is 3. The summed E-state index contributed by atoms with van der Waals surface area (Å²) in [7, 11) is 0. The highest BCUT2D eigenvalue weighted by molar-refractivity contribution is 6.04. The first kappa shape index (κ1) is 13.9. The number of likely N-dealkylation sites (tertiary alicyclic amines) is 2. The third-order valence-corrected chi connectivity index (χ3v) is 4.54. The summed E-state index contributed by atoms with van der Waals surface area (Å²) in [6, 6.07) is 8.07. The quantitative estimate of drug-likeness (QED) is 0.777. The Balaban J connectivity index is 1.40. The molecule has 2 fully saturated rings. The number of aromatic nitrogens is 2. The zero-order valence-electron chi connectivity index (χ0n) is 12.5. The van der Waals surface area contributed by atoms with E-state index in [0.29, 0.717) is 13.1 Å². The second-order valence-electron chi connectivity index (χ2n) is 5.97. The van der Waals surface area contributed by atoms with Crippen LogP contribution in [0.2, 0.25) is 0 Å². The van der Waals surface area contributed by atoms with Crippen LogP contribution in [0, 0.1) is 0 Å². The molecule has 0 unspecified atom stereocenters. The number of para-hydroxylation sites is 2. The molecule has 0 bridgehead atoms. The number of hydrogen-bond donors (Lipinski definition) is 0. The Bertz CT molecular complexity index is 791. The van der Waals surface area contributed by atoms with E-state index < -0.39 is 0 Å². The lowest BCUT2D eigenvalue weighted by atomic mass is 10.1. The Kier molecular flexibility index (Phi) is 3.14. The van der Waals surface area contributed by atoms with E-state index in [0.717, 1.165) is 15.9 Å². The average Bonchev–Trinajstić information content (AvgIpc) is 3.05. The van der Waals surface area contributed by atoms with E-state index in [1.807, 2.05) is 24.3 Å². The van der Waals surface area contributed by atoms with E-state index in [4.69, 9.17) is 0 Å². The van der Waals surface area contributed by atoms with Crippen LogP contribution in [-0.2, 0) is 14.4 Å². The number of hydrogen-bond acceptors (Lipinski definition) is 4. The minimum atomic E-state index is -0.249.